The number of piperazine rings is 1. The Balaban J connectivity index is 1.43. The topological polar surface area (TPSA) is 70.6 Å². The molecule has 1 amide bonds. The maximum atomic E-state index is 13.7. The number of fused-ring (bicyclic) bond motifs is 1. The smallest absolute Gasteiger partial charge is 0.227 e. The summed E-state index contributed by atoms with van der Waals surface area (Å²) in [4.78, 5) is 26.3. The van der Waals surface area contributed by atoms with Crippen LogP contribution in [0.2, 0.25) is 0 Å². The first-order valence-electron chi connectivity index (χ1n) is 11.5. The van der Waals surface area contributed by atoms with Crippen LogP contribution < -0.4 is 10.2 Å². The van der Waals surface area contributed by atoms with E-state index >= 15 is 0 Å². The zero-order valence-electron chi connectivity index (χ0n) is 19.4. The van der Waals surface area contributed by atoms with Crippen LogP contribution in [0.5, 0.6) is 0 Å². The number of hydrogen-bond donors (Lipinski definition) is 1. The van der Waals surface area contributed by atoms with Crippen molar-refractivity contribution in [2.75, 3.05) is 37.6 Å². The number of nitrogens with zero attached hydrogens (tertiary/aromatic N) is 4. The van der Waals surface area contributed by atoms with Crippen molar-refractivity contribution in [2.45, 2.75) is 45.9 Å². The van der Waals surface area contributed by atoms with Crippen molar-refractivity contribution in [3.63, 3.8) is 0 Å². The molecule has 0 bridgehead atoms. The summed E-state index contributed by atoms with van der Waals surface area (Å²) in [6.45, 7) is 9.48. The van der Waals surface area contributed by atoms with Gasteiger partial charge in [-0.1, -0.05) is 19.9 Å². The minimum atomic E-state index is -0.889. The molecule has 0 saturated carbocycles. The van der Waals surface area contributed by atoms with Crippen LogP contribution in [-0.4, -0.2) is 59.5 Å². The number of amides is 1. The SMILES string of the molecule is CC(C)NCC(Cc1ccc(F)c(F)c1)C(=O)N1CCN(c2ncnc3c2[C@H](C)OC3)CC1. The van der Waals surface area contributed by atoms with Crippen molar-refractivity contribution in [3.8, 4) is 0 Å². The van der Waals surface area contributed by atoms with Gasteiger partial charge in [-0.3, -0.25) is 4.79 Å². The molecule has 1 aromatic heterocycles. The molecular weight excluding hydrogens is 428 g/mol. The van der Waals surface area contributed by atoms with E-state index in [4.69, 9.17) is 4.74 Å². The first-order valence-corrected chi connectivity index (χ1v) is 11.5. The highest BCUT2D eigenvalue weighted by atomic mass is 19.2. The van der Waals surface area contributed by atoms with Gasteiger partial charge in [0, 0.05) is 44.3 Å². The van der Waals surface area contributed by atoms with Crippen LogP contribution >= 0.6 is 0 Å². The number of carbonyl (C=O) groups is 1. The lowest BCUT2D eigenvalue weighted by Gasteiger charge is -2.38. The van der Waals surface area contributed by atoms with E-state index in [1.165, 1.54) is 6.07 Å². The molecule has 7 nitrogen and oxygen atoms in total. The fourth-order valence-corrected chi connectivity index (χ4v) is 4.46. The third-order valence-electron chi connectivity index (χ3n) is 6.30. The van der Waals surface area contributed by atoms with Crippen molar-refractivity contribution in [1.82, 2.24) is 20.2 Å². The third kappa shape index (κ3) is 5.30. The molecule has 33 heavy (non-hydrogen) atoms. The van der Waals surface area contributed by atoms with Gasteiger partial charge in [-0.15, -0.1) is 0 Å². The molecule has 1 aromatic carbocycles. The zero-order chi connectivity index (χ0) is 23.5. The van der Waals surface area contributed by atoms with Crippen molar-refractivity contribution in [1.29, 1.82) is 0 Å². The van der Waals surface area contributed by atoms with Crippen LogP contribution in [0.3, 0.4) is 0 Å². The summed E-state index contributed by atoms with van der Waals surface area (Å²) < 4.78 is 32.8. The van der Waals surface area contributed by atoms with Gasteiger partial charge in [0.2, 0.25) is 5.91 Å². The zero-order valence-corrected chi connectivity index (χ0v) is 19.4. The van der Waals surface area contributed by atoms with E-state index in [1.54, 1.807) is 12.4 Å². The van der Waals surface area contributed by atoms with Gasteiger partial charge < -0.3 is 19.9 Å². The van der Waals surface area contributed by atoms with E-state index in [-0.39, 0.29) is 24.0 Å². The largest absolute Gasteiger partial charge is 0.367 e. The standard InChI is InChI=1S/C24H31F2N5O2/c1-15(2)27-12-18(10-17-4-5-19(25)20(26)11-17)24(32)31-8-6-30(7-9-31)23-22-16(3)33-13-21(22)28-14-29-23/h4-5,11,14-16,18,27H,6-10,12-13H2,1-3H3/t16-,18?/m0/s1. The van der Waals surface area contributed by atoms with Gasteiger partial charge in [0.15, 0.2) is 11.6 Å². The van der Waals surface area contributed by atoms with Crippen molar-refractivity contribution < 1.29 is 18.3 Å². The second-order valence-corrected chi connectivity index (χ2v) is 9.04. The van der Waals surface area contributed by atoms with Crippen molar-refractivity contribution in [2.24, 2.45) is 5.92 Å². The first kappa shape index (κ1) is 23.5. The Morgan fingerprint density at radius 1 is 1.18 bits per heavy atom. The monoisotopic (exact) mass is 459 g/mol. The Kier molecular flexibility index (Phi) is 7.19. The van der Waals surface area contributed by atoms with Gasteiger partial charge in [-0.2, -0.15) is 0 Å². The second-order valence-electron chi connectivity index (χ2n) is 9.04. The molecule has 0 aliphatic carbocycles. The Hall–Kier alpha value is -2.65. The fourth-order valence-electron chi connectivity index (χ4n) is 4.46. The molecule has 2 aliphatic heterocycles. The second kappa shape index (κ2) is 10.1. The molecular formula is C24H31F2N5O2. The number of halogens is 2. The molecule has 4 rings (SSSR count). The fraction of sp³-hybridized carbons (Fsp3) is 0.542. The summed E-state index contributed by atoms with van der Waals surface area (Å²) in [6.07, 6.45) is 1.88. The summed E-state index contributed by atoms with van der Waals surface area (Å²) in [5.41, 5.74) is 2.58. The van der Waals surface area contributed by atoms with Crippen LogP contribution in [0.1, 0.15) is 43.7 Å². The lowest BCUT2D eigenvalue weighted by Crippen LogP contribution is -2.52. The van der Waals surface area contributed by atoms with Gasteiger partial charge in [-0.25, -0.2) is 18.7 Å². The summed E-state index contributed by atoms with van der Waals surface area (Å²) in [7, 11) is 0. The summed E-state index contributed by atoms with van der Waals surface area (Å²) in [6, 6.07) is 4.06. The van der Waals surface area contributed by atoms with Crippen LogP contribution in [-0.2, 0) is 22.6 Å². The maximum absolute atomic E-state index is 13.7. The van der Waals surface area contributed by atoms with Crippen LogP contribution in [0.15, 0.2) is 24.5 Å². The highest BCUT2D eigenvalue weighted by molar-refractivity contribution is 5.79. The summed E-state index contributed by atoms with van der Waals surface area (Å²) >= 11 is 0. The number of rotatable bonds is 7. The van der Waals surface area contributed by atoms with Gasteiger partial charge in [0.25, 0.3) is 0 Å². The van der Waals surface area contributed by atoms with Crippen LogP contribution in [0, 0.1) is 17.6 Å². The first-order chi connectivity index (χ1) is 15.8. The number of benzene rings is 1. The van der Waals surface area contributed by atoms with Gasteiger partial charge in [-0.05, 0) is 31.0 Å². The quantitative estimate of drug-likeness (QED) is 0.687. The third-order valence-corrected chi connectivity index (χ3v) is 6.30. The molecule has 178 valence electrons. The number of hydrogen-bond acceptors (Lipinski definition) is 6. The number of carbonyl (C=O) groups excluding carboxylic acids is 1. The molecule has 1 fully saturated rings. The lowest BCUT2D eigenvalue weighted by atomic mass is 9.96. The highest BCUT2D eigenvalue weighted by Gasteiger charge is 2.32. The van der Waals surface area contributed by atoms with Crippen LogP contribution in [0.4, 0.5) is 14.6 Å². The van der Waals surface area contributed by atoms with Crippen molar-refractivity contribution >= 4 is 11.7 Å². The van der Waals surface area contributed by atoms with E-state index in [0.717, 1.165) is 23.1 Å². The Morgan fingerprint density at radius 2 is 1.94 bits per heavy atom. The Morgan fingerprint density at radius 3 is 2.64 bits per heavy atom. The van der Waals surface area contributed by atoms with Crippen LogP contribution in [0.25, 0.3) is 0 Å². The normalized spacial score (nSPS) is 19.2. The lowest BCUT2D eigenvalue weighted by molar-refractivity contribution is -0.135. The Labute approximate surface area is 193 Å². The molecule has 2 aliphatic rings. The average Bonchev–Trinajstić information content (AvgIpc) is 3.19. The Bertz CT molecular complexity index is 995. The number of anilines is 1. The molecule has 2 aromatic rings. The van der Waals surface area contributed by atoms with E-state index in [2.05, 4.69) is 20.2 Å². The molecule has 3 heterocycles. The summed E-state index contributed by atoms with van der Waals surface area (Å²) in [5, 5.41) is 3.32. The predicted molar refractivity (Wildman–Crippen MR) is 121 cm³/mol. The summed E-state index contributed by atoms with van der Waals surface area (Å²) in [5.74, 6) is -1.22. The molecule has 1 N–H and O–H groups in total. The number of nitrogens with one attached hydrogen (secondary N) is 1. The molecule has 0 spiro atoms. The van der Waals surface area contributed by atoms with Gasteiger partial charge >= 0.3 is 0 Å². The van der Waals surface area contributed by atoms with E-state index < -0.39 is 11.6 Å². The maximum Gasteiger partial charge on any atom is 0.227 e. The number of aromatic nitrogens is 2. The minimum absolute atomic E-state index is 0.0251. The van der Waals surface area contributed by atoms with Crippen molar-refractivity contribution in [3.05, 3.63) is 53.0 Å². The van der Waals surface area contributed by atoms with E-state index in [1.807, 2.05) is 25.7 Å². The predicted octanol–water partition coefficient (Wildman–Crippen LogP) is 2.85. The minimum Gasteiger partial charge on any atom is -0.367 e. The van der Waals surface area contributed by atoms with E-state index in [0.29, 0.717) is 51.3 Å². The van der Waals surface area contributed by atoms with Gasteiger partial charge in [0.05, 0.1) is 24.3 Å². The highest BCUT2D eigenvalue weighted by Crippen LogP contribution is 2.35. The average molecular weight is 460 g/mol. The van der Waals surface area contributed by atoms with E-state index in [9.17, 15) is 13.6 Å². The molecule has 0 radical (unpaired) electrons. The molecule has 9 heteroatoms. The molecule has 2 atom stereocenters. The van der Waals surface area contributed by atoms with Gasteiger partial charge in [0.1, 0.15) is 12.1 Å². The number of ether oxygens (including phenoxy) is 1. The molecule has 1 unspecified atom stereocenters. The molecule has 1 saturated heterocycles.